The number of rotatable bonds is 25. The lowest BCUT2D eigenvalue weighted by atomic mass is 10.2. The Labute approximate surface area is 248 Å². The maximum Gasteiger partial charge on any atom is 0.500 e. The summed E-state index contributed by atoms with van der Waals surface area (Å²) in [7, 11) is 2.04. The lowest BCUT2D eigenvalue weighted by Crippen LogP contribution is -2.42. The molecule has 0 amide bonds. The van der Waals surface area contributed by atoms with Crippen molar-refractivity contribution in [2.24, 2.45) is 5.92 Å². The van der Waals surface area contributed by atoms with Gasteiger partial charge in [0.2, 0.25) is 0 Å². The molecule has 0 aromatic carbocycles. The summed E-state index contributed by atoms with van der Waals surface area (Å²) in [5.74, 6) is -0.406. The Morgan fingerprint density at radius 2 is 1.26 bits per heavy atom. The number of hydrogen-bond acceptors (Lipinski definition) is 14. The van der Waals surface area contributed by atoms with Crippen molar-refractivity contribution < 1.29 is 51.4 Å². The number of thioether (sulfide) groups is 1. The summed E-state index contributed by atoms with van der Waals surface area (Å²) in [4.78, 5) is 47.3. The molecule has 39 heavy (non-hydrogen) atoms. The average Bonchev–Trinajstić information content (AvgIpc) is 2.92. The van der Waals surface area contributed by atoms with Crippen LogP contribution in [0.5, 0.6) is 0 Å². The van der Waals surface area contributed by atoms with Crippen LogP contribution in [0, 0.1) is 5.92 Å². The van der Waals surface area contributed by atoms with Gasteiger partial charge in [-0.3, -0.25) is 19.2 Å². The number of carbonyl (C=O) groups excluding carboxylic acids is 4. The van der Waals surface area contributed by atoms with Gasteiger partial charge in [-0.15, -0.1) is 0 Å². The van der Waals surface area contributed by atoms with E-state index in [0.717, 1.165) is 18.2 Å². The van der Waals surface area contributed by atoms with Gasteiger partial charge in [0.1, 0.15) is 0 Å². The summed E-state index contributed by atoms with van der Waals surface area (Å²) in [5, 5.41) is 0.000921. The zero-order valence-electron chi connectivity index (χ0n) is 23.2. The van der Waals surface area contributed by atoms with E-state index in [1.165, 1.54) is 0 Å². The average molecular weight is 633 g/mol. The predicted molar refractivity (Wildman–Crippen MR) is 156 cm³/mol. The molecule has 1 unspecified atom stereocenters. The first kappa shape index (κ1) is 38.2. The van der Waals surface area contributed by atoms with E-state index in [1.807, 2.05) is 0 Å². The maximum absolute atomic E-state index is 12.2. The summed E-state index contributed by atoms with van der Waals surface area (Å²) in [6.07, 6.45) is 2.80. The molecule has 0 bridgehead atoms. The van der Waals surface area contributed by atoms with Gasteiger partial charge in [0.15, 0.2) is 5.12 Å². The van der Waals surface area contributed by atoms with E-state index in [2.05, 4.69) is 25.3 Å². The van der Waals surface area contributed by atoms with Crippen molar-refractivity contribution in [2.75, 3.05) is 71.6 Å². The second-order valence-corrected chi connectivity index (χ2v) is 13.4. The molecule has 1 atom stereocenters. The van der Waals surface area contributed by atoms with E-state index in [1.54, 1.807) is 21.3 Å². The molecular formula is C24H44O11S3Si. The minimum Gasteiger partial charge on any atom is -0.466 e. The fraction of sp³-hybridized carbons (Fsp3) is 0.833. The number of carbonyl (C=O) groups is 4. The van der Waals surface area contributed by atoms with Crippen molar-refractivity contribution in [2.45, 2.75) is 51.0 Å². The van der Waals surface area contributed by atoms with E-state index < -0.39 is 20.7 Å². The van der Waals surface area contributed by atoms with Crippen LogP contribution in [-0.4, -0.2) is 103 Å². The molecule has 0 N–H and O–H groups in total. The summed E-state index contributed by atoms with van der Waals surface area (Å²) >= 11 is 9.08. The molecule has 0 spiro atoms. The van der Waals surface area contributed by atoms with Crippen LogP contribution in [0.3, 0.4) is 0 Å². The highest BCUT2D eigenvalue weighted by molar-refractivity contribution is 8.13. The Kier molecular flexibility index (Phi) is 24.4. The Hall–Kier alpha value is -0.813. The van der Waals surface area contributed by atoms with Gasteiger partial charge < -0.3 is 32.2 Å². The van der Waals surface area contributed by atoms with Crippen molar-refractivity contribution in [1.82, 2.24) is 0 Å². The van der Waals surface area contributed by atoms with Crippen molar-refractivity contribution >= 4 is 68.8 Å². The molecule has 0 fully saturated rings. The van der Waals surface area contributed by atoms with Crippen molar-refractivity contribution in [1.29, 1.82) is 0 Å². The standard InChI is InChI=1S/C24H44O11S3Si/c1-29-39(30-2,31-3)16-5-4-7-24(28)38-15-10-23(27)35-19-20(18-34-22(26)9-14-37)17-32-11-6-12-33-21(25)8-13-36/h20,36-37H,4-19H2,1-3H3. The molecule has 11 nitrogen and oxygen atoms in total. The van der Waals surface area contributed by atoms with Crippen LogP contribution in [0.25, 0.3) is 0 Å². The SMILES string of the molecule is CO[Si](CCCCC(=O)SCCC(=O)OCC(COCCCOC(=O)CCS)COC(=O)CCS)(OC)OC. The molecular weight excluding hydrogens is 589 g/mol. The van der Waals surface area contributed by atoms with Gasteiger partial charge in [-0.2, -0.15) is 25.3 Å². The van der Waals surface area contributed by atoms with Gasteiger partial charge in [-0.25, -0.2) is 0 Å². The lowest BCUT2D eigenvalue weighted by Gasteiger charge is -2.24. The van der Waals surface area contributed by atoms with E-state index >= 15 is 0 Å². The molecule has 0 radical (unpaired) electrons. The first-order chi connectivity index (χ1) is 18.7. The second kappa shape index (κ2) is 24.9. The van der Waals surface area contributed by atoms with E-state index in [4.69, 9.17) is 32.2 Å². The van der Waals surface area contributed by atoms with Crippen LogP contribution in [0.1, 0.15) is 44.9 Å². The van der Waals surface area contributed by atoms with Gasteiger partial charge in [-0.1, -0.05) is 11.8 Å². The van der Waals surface area contributed by atoms with Crippen LogP contribution in [-0.2, 0) is 51.4 Å². The highest BCUT2D eigenvalue weighted by Gasteiger charge is 2.36. The molecule has 0 aliphatic carbocycles. The van der Waals surface area contributed by atoms with E-state index in [9.17, 15) is 19.2 Å². The van der Waals surface area contributed by atoms with E-state index in [0.29, 0.717) is 49.2 Å². The van der Waals surface area contributed by atoms with Crippen LogP contribution in [0.2, 0.25) is 6.04 Å². The molecule has 0 saturated carbocycles. The molecule has 15 heteroatoms. The van der Waals surface area contributed by atoms with Crippen molar-refractivity contribution in [3.8, 4) is 0 Å². The highest BCUT2D eigenvalue weighted by Crippen LogP contribution is 2.19. The fourth-order valence-electron chi connectivity index (χ4n) is 3.05. The minimum absolute atomic E-state index is 0.000921. The number of ether oxygens (including phenoxy) is 4. The molecule has 0 aliphatic heterocycles. The van der Waals surface area contributed by atoms with Gasteiger partial charge in [0.25, 0.3) is 0 Å². The number of unbranched alkanes of at least 4 members (excludes halogenated alkanes) is 1. The van der Waals surface area contributed by atoms with Crippen molar-refractivity contribution in [3.05, 3.63) is 0 Å². The Morgan fingerprint density at radius 1 is 0.692 bits per heavy atom. The lowest BCUT2D eigenvalue weighted by molar-refractivity contribution is -0.149. The Morgan fingerprint density at radius 3 is 1.82 bits per heavy atom. The third-order valence-corrected chi connectivity index (χ3v) is 9.47. The molecule has 0 aromatic rings. The van der Waals surface area contributed by atoms with Gasteiger partial charge >= 0.3 is 26.7 Å². The van der Waals surface area contributed by atoms with Crippen LogP contribution < -0.4 is 0 Å². The third kappa shape index (κ3) is 20.7. The van der Waals surface area contributed by atoms with Crippen LogP contribution in [0.4, 0.5) is 0 Å². The molecule has 228 valence electrons. The molecule has 0 aromatic heterocycles. The molecule has 0 saturated heterocycles. The van der Waals surface area contributed by atoms with Crippen LogP contribution >= 0.6 is 37.0 Å². The van der Waals surface area contributed by atoms with E-state index in [-0.39, 0.29) is 62.7 Å². The quantitative estimate of drug-likeness (QED) is 0.0504. The summed E-state index contributed by atoms with van der Waals surface area (Å²) in [6.45, 7) is 0.789. The Bertz CT molecular complexity index is 688. The van der Waals surface area contributed by atoms with Crippen LogP contribution in [0.15, 0.2) is 0 Å². The largest absolute Gasteiger partial charge is 0.500 e. The van der Waals surface area contributed by atoms with Crippen molar-refractivity contribution in [3.63, 3.8) is 0 Å². The summed E-state index contributed by atoms with van der Waals surface area (Å²) in [6, 6.07) is 0.624. The second-order valence-electron chi connectivity index (χ2n) is 8.30. The zero-order chi connectivity index (χ0) is 29.4. The predicted octanol–water partition coefficient (Wildman–Crippen LogP) is 2.98. The zero-order valence-corrected chi connectivity index (χ0v) is 26.8. The number of thiol groups is 2. The minimum atomic E-state index is -2.63. The monoisotopic (exact) mass is 632 g/mol. The Balaban J connectivity index is 4.27. The summed E-state index contributed by atoms with van der Waals surface area (Å²) < 4.78 is 37.2. The molecule has 0 aliphatic rings. The normalized spacial score (nSPS) is 12.1. The fourth-order valence-corrected chi connectivity index (χ4v) is 6.00. The topological polar surface area (TPSA) is 133 Å². The number of hydrogen-bond donors (Lipinski definition) is 2. The molecule has 0 rings (SSSR count). The number of esters is 3. The first-order valence-electron chi connectivity index (χ1n) is 12.8. The molecule has 0 heterocycles. The van der Waals surface area contributed by atoms with Gasteiger partial charge in [0.05, 0.1) is 51.6 Å². The first-order valence-corrected chi connectivity index (χ1v) is 17.0. The maximum atomic E-state index is 12.2. The third-order valence-electron chi connectivity index (χ3n) is 5.26. The smallest absolute Gasteiger partial charge is 0.466 e. The summed E-state index contributed by atoms with van der Waals surface area (Å²) in [5.41, 5.74) is 0. The van der Waals surface area contributed by atoms with Gasteiger partial charge in [-0.05, 0) is 12.8 Å². The van der Waals surface area contributed by atoms with Gasteiger partial charge in [0, 0.05) is 64.1 Å². The highest BCUT2D eigenvalue weighted by atomic mass is 32.2.